The van der Waals surface area contributed by atoms with Crippen LogP contribution in [-0.4, -0.2) is 50.6 Å². The van der Waals surface area contributed by atoms with Crippen LogP contribution in [0.1, 0.15) is 27.1 Å². The molecule has 3 heterocycles. The third-order valence-electron chi connectivity index (χ3n) is 7.31. The Morgan fingerprint density at radius 3 is 2.45 bits per heavy atom. The zero-order valence-electron chi connectivity index (χ0n) is 23.1. The van der Waals surface area contributed by atoms with Crippen molar-refractivity contribution in [3.05, 3.63) is 115 Å². The predicted molar refractivity (Wildman–Crippen MR) is 161 cm³/mol. The van der Waals surface area contributed by atoms with E-state index in [2.05, 4.69) is 15.4 Å². The van der Waals surface area contributed by atoms with Crippen molar-refractivity contribution in [1.82, 2.24) is 25.0 Å². The summed E-state index contributed by atoms with van der Waals surface area (Å²) in [6.07, 6.45) is 5.83. The first-order chi connectivity index (χ1) is 20.4. The minimum absolute atomic E-state index is 0.0770. The number of amides is 2. The molecule has 1 aliphatic heterocycles. The lowest BCUT2D eigenvalue weighted by Gasteiger charge is -2.18. The first-order valence-electron chi connectivity index (χ1n) is 13.7. The van der Waals surface area contributed by atoms with Gasteiger partial charge in [0.2, 0.25) is 0 Å². The van der Waals surface area contributed by atoms with Gasteiger partial charge in [-0.1, -0.05) is 48.5 Å². The summed E-state index contributed by atoms with van der Waals surface area (Å²) in [7, 11) is 1.82. The fourth-order valence-electron chi connectivity index (χ4n) is 5.10. The highest BCUT2D eigenvalue weighted by Crippen LogP contribution is 2.33. The number of carbonyl (C=O) groups excluding carboxylic acids is 2. The van der Waals surface area contributed by atoms with E-state index in [-0.39, 0.29) is 23.7 Å². The maximum Gasteiger partial charge on any atom is 0.255 e. The van der Waals surface area contributed by atoms with Crippen molar-refractivity contribution < 1.29 is 14.3 Å². The molecule has 1 saturated heterocycles. The number of ether oxygens (including phenoxy) is 1. The summed E-state index contributed by atoms with van der Waals surface area (Å²) in [6.45, 7) is 0.957. The molecule has 1 fully saturated rings. The third kappa shape index (κ3) is 5.71. The molecule has 9 heteroatoms. The number of nitrogens with zero attached hydrogens (tertiary/aromatic N) is 4. The third-order valence-corrected chi connectivity index (χ3v) is 7.31. The molecule has 5 aromatic rings. The summed E-state index contributed by atoms with van der Waals surface area (Å²) >= 11 is 0. The molecule has 1 aliphatic rings. The molecule has 0 radical (unpaired) electrons. The molecule has 3 N–H and O–H groups in total. The van der Waals surface area contributed by atoms with Gasteiger partial charge in [-0.2, -0.15) is 5.10 Å². The summed E-state index contributed by atoms with van der Waals surface area (Å²) in [5.41, 5.74) is 10.4. The van der Waals surface area contributed by atoms with Crippen molar-refractivity contribution in [3.8, 4) is 33.8 Å². The highest BCUT2D eigenvalue weighted by atomic mass is 16.5. The maximum absolute atomic E-state index is 13.3. The zero-order valence-corrected chi connectivity index (χ0v) is 23.1. The van der Waals surface area contributed by atoms with Crippen LogP contribution >= 0.6 is 0 Å². The molecule has 0 aliphatic carbocycles. The average Bonchev–Trinajstić information content (AvgIpc) is 3.67. The first kappa shape index (κ1) is 26.8. The van der Waals surface area contributed by atoms with Crippen molar-refractivity contribution in [1.29, 1.82) is 0 Å². The van der Waals surface area contributed by atoms with E-state index in [1.807, 2.05) is 92.1 Å². The van der Waals surface area contributed by atoms with Crippen molar-refractivity contribution in [2.24, 2.45) is 7.05 Å². The van der Waals surface area contributed by atoms with Gasteiger partial charge in [0.1, 0.15) is 17.3 Å². The summed E-state index contributed by atoms with van der Waals surface area (Å²) in [4.78, 5) is 32.4. The van der Waals surface area contributed by atoms with Crippen LogP contribution in [-0.2, 0) is 7.05 Å². The van der Waals surface area contributed by atoms with E-state index in [1.165, 1.54) is 0 Å². The van der Waals surface area contributed by atoms with E-state index in [0.717, 1.165) is 33.8 Å². The molecule has 2 amide bonds. The van der Waals surface area contributed by atoms with E-state index in [9.17, 15) is 9.59 Å². The lowest BCUT2D eigenvalue weighted by molar-refractivity contribution is 0.0783. The van der Waals surface area contributed by atoms with E-state index in [1.54, 1.807) is 28.0 Å². The second-order valence-electron chi connectivity index (χ2n) is 10.3. The van der Waals surface area contributed by atoms with Crippen LogP contribution in [0, 0.1) is 0 Å². The smallest absolute Gasteiger partial charge is 0.255 e. The van der Waals surface area contributed by atoms with E-state index in [4.69, 9.17) is 10.5 Å². The number of pyridine rings is 1. The molecule has 2 aromatic heterocycles. The van der Waals surface area contributed by atoms with Gasteiger partial charge in [0.25, 0.3) is 11.8 Å². The summed E-state index contributed by atoms with van der Waals surface area (Å²) in [6, 6.07) is 26.5. The number of likely N-dealkylation sites (tertiary alicyclic amines) is 1. The number of nitrogens with one attached hydrogen (secondary N) is 1. The zero-order chi connectivity index (χ0) is 29.1. The molecule has 42 heavy (non-hydrogen) atoms. The minimum Gasteiger partial charge on any atom is -0.457 e. The van der Waals surface area contributed by atoms with E-state index in [0.29, 0.717) is 30.6 Å². The number of aromatic nitrogens is 3. The van der Waals surface area contributed by atoms with Crippen LogP contribution in [0.3, 0.4) is 0 Å². The lowest BCUT2D eigenvalue weighted by atomic mass is 10.0. The molecular formula is C33H30N6O3. The van der Waals surface area contributed by atoms with Gasteiger partial charge in [0.15, 0.2) is 0 Å². The van der Waals surface area contributed by atoms with Gasteiger partial charge in [-0.3, -0.25) is 14.3 Å². The topological polar surface area (TPSA) is 115 Å². The normalized spacial score (nSPS) is 14.5. The highest BCUT2D eigenvalue weighted by molar-refractivity contribution is 6.00. The van der Waals surface area contributed by atoms with E-state index < -0.39 is 0 Å². The Morgan fingerprint density at radius 2 is 1.69 bits per heavy atom. The quantitative estimate of drug-likeness (QED) is 0.285. The van der Waals surface area contributed by atoms with Gasteiger partial charge >= 0.3 is 0 Å². The Morgan fingerprint density at radius 1 is 0.929 bits per heavy atom. The van der Waals surface area contributed by atoms with Crippen molar-refractivity contribution in [3.63, 3.8) is 0 Å². The number of benzene rings is 3. The number of hydrogen-bond donors (Lipinski definition) is 2. The fraction of sp³-hybridized carbons (Fsp3) is 0.152. The molecule has 210 valence electrons. The van der Waals surface area contributed by atoms with Crippen molar-refractivity contribution >= 4 is 17.6 Å². The van der Waals surface area contributed by atoms with Gasteiger partial charge in [0.05, 0.1) is 11.8 Å². The van der Waals surface area contributed by atoms with Crippen LogP contribution in [0.25, 0.3) is 22.3 Å². The number of carbonyl (C=O) groups is 2. The van der Waals surface area contributed by atoms with E-state index >= 15 is 0 Å². The predicted octanol–water partition coefficient (Wildman–Crippen LogP) is 5.17. The standard InChI is InChI=1S/C33H30N6O3/c1-38-20-25(19-36-38)24-17-29(31(34)35-18-24)32(40)37-26-15-16-39(21-26)33(41)23-13-11-22(12-14-23)28-9-5-6-10-30(28)42-27-7-3-2-4-8-27/h2-14,17-20,26H,15-16,21H2,1H3,(H2,34,35)(H,37,40)/t26-/m1/s1. The number of anilines is 1. The number of rotatable bonds is 7. The molecule has 1 atom stereocenters. The molecule has 0 saturated carbocycles. The first-order valence-corrected chi connectivity index (χ1v) is 13.7. The van der Waals surface area contributed by atoms with Crippen LogP contribution in [0.15, 0.2) is 104 Å². The Balaban J connectivity index is 1.10. The number of aryl methyl sites for hydroxylation is 1. The number of hydrogen-bond acceptors (Lipinski definition) is 6. The second-order valence-corrected chi connectivity index (χ2v) is 10.3. The Hall–Kier alpha value is -5.44. The van der Waals surface area contributed by atoms with Crippen LogP contribution in [0.4, 0.5) is 5.82 Å². The Kier molecular flexibility index (Phi) is 7.38. The SMILES string of the molecule is Cn1cc(-c2cnc(N)c(C(=O)N[C@@H]3CCN(C(=O)c4ccc(-c5ccccc5Oc5ccccc5)cc4)C3)c2)cn1. The summed E-state index contributed by atoms with van der Waals surface area (Å²) in [5, 5.41) is 7.20. The van der Waals surface area contributed by atoms with Crippen LogP contribution in [0.5, 0.6) is 11.5 Å². The largest absolute Gasteiger partial charge is 0.457 e. The molecule has 0 bridgehead atoms. The molecule has 0 spiro atoms. The van der Waals surface area contributed by atoms with Gasteiger partial charge in [-0.15, -0.1) is 0 Å². The second kappa shape index (κ2) is 11.6. The fourth-order valence-corrected chi connectivity index (χ4v) is 5.10. The number of nitrogen functional groups attached to an aromatic ring is 1. The molecule has 6 rings (SSSR count). The molecule has 9 nitrogen and oxygen atoms in total. The van der Waals surface area contributed by atoms with Gasteiger partial charge < -0.3 is 20.7 Å². The van der Waals surface area contributed by atoms with Gasteiger partial charge in [-0.05, 0) is 48.4 Å². The van der Waals surface area contributed by atoms with Crippen LogP contribution in [0.2, 0.25) is 0 Å². The highest BCUT2D eigenvalue weighted by Gasteiger charge is 2.29. The van der Waals surface area contributed by atoms with Crippen molar-refractivity contribution in [2.45, 2.75) is 12.5 Å². The molecule has 3 aromatic carbocycles. The average molecular weight is 559 g/mol. The van der Waals surface area contributed by atoms with Gasteiger partial charge in [0, 0.05) is 60.8 Å². The van der Waals surface area contributed by atoms with Crippen LogP contribution < -0.4 is 15.8 Å². The lowest BCUT2D eigenvalue weighted by Crippen LogP contribution is -2.38. The Bertz CT molecular complexity index is 1730. The molecule has 0 unspecified atom stereocenters. The number of para-hydroxylation sites is 2. The summed E-state index contributed by atoms with van der Waals surface area (Å²) < 4.78 is 7.79. The monoisotopic (exact) mass is 558 g/mol. The minimum atomic E-state index is -0.314. The number of nitrogens with two attached hydrogens (primary N) is 1. The Labute approximate surface area is 243 Å². The van der Waals surface area contributed by atoms with Gasteiger partial charge in [-0.25, -0.2) is 4.98 Å². The molecular weight excluding hydrogens is 528 g/mol. The maximum atomic E-state index is 13.3. The van der Waals surface area contributed by atoms with Crippen molar-refractivity contribution in [2.75, 3.05) is 18.8 Å². The summed E-state index contributed by atoms with van der Waals surface area (Å²) in [5.74, 6) is 1.26.